The fraction of sp³-hybridized carbons (Fsp3) is 0.207. The van der Waals surface area contributed by atoms with E-state index in [9.17, 15) is 0 Å². The van der Waals surface area contributed by atoms with Crippen LogP contribution in [0.15, 0.2) is 200 Å². The van der Waals surface area contributed by atoms with Crippen LogP contribution < -0.4 is 20.8 Å². The first kappa shape index (κ1) is 46.1. The van der Waals surface area contributed by atoms with Gasteiger partial charge in [0.05, 0.1) is 58.9 Å². The number of rotatable bonds is 18. The molecule has 0 amide bonds. The Morgan fingerprint density at radius 2 is 0.812 bits per heavy atom. The average Bonchev–Trinajstić information content (AvgIpc) is 3.89. The third-order valence-electron chi connectivity index (χ3n) is 12.3. The van der Waals surface area contributed by atoms with Crippen LogP contribution in [0.25, 0.3) is 45.3 Å². The highest BCUT2D eigenvalue weighted by Crippen LogP contribution is 2.47. The molecule has 0 spiro atoms. The predicted octanol–water partition coefficient (Wildman–Crippen LogP) is 12.0. The molecule has 348 valence electrons. The highest BCUT2D eigenvalue weighted by molar-refractivity contribution is 8.04. The average molecular weight is 949 g/mol. The summed E-state index contributed by atoms with van der Waals surface area (Å²) in [6.07, 6.45) is 6.19. The van der Waals surface area contributed by atoms with Crippen molar-refractivity contribution in [2.75, 3.05) is 76.6 Å². The zero-order valence-electron chi connectivity index (χ0n) is 39.1. The van der Waals surface area contributed by atoms with Gasteiger partial charge >= 0.3 is 0 Å². The molecule has 8 aromatic rings. The Bertz CT molecular complexity index is 3060. The number of benzene rings is 6. The van der Waals surface area contributed by atoms with Crippen molar-refractivity contribution in [2.24, 2.45) is 9.98 Å². The normalized spacial score (nSPS) is 15.0. The number of hydrogen-bond donors (Lipinski definition) is 0. The summed E-state index contributed by atoms with van der Waals surface area (Å²) in [6.45, 7) is 4.57. The number of nitrogens with zero attached hydrogens (tertiary/aromatic N) is 6. The number of hydrogen-bond acceptors (Lipinski definition) is 9. The predicted molar refractivity (Wildman–Crippen MR) is 286 cm³/mol. The van der Waals surface area contributed by atoms with Gasteiger partial charge in [0.15, 0.2) is 0 Å². The van der Waals surface area contributed by atoms with E-state index in [1.807, 2.05) is 0 Å². The molecule has 0 N–H and O–H groups in total. The summed E-state index contributed by atoms with van der Waals surface area (Å²) in [6, 6.07) is 59.7. The maximum Gasteiger partial charge on any atom is 0.133 e. The van der Waals surface area contributed by atoms with Gasteiger partial charge in [-0.15, -0.1) is 0 Å². The maximum atomic E-state index is 5.98. The summed E-state index contributed by atoms with van der Waals surface area (Å²) in [7, 11) is 4.28. The topological polar surface area (TPSA) is 68.8 Å². The van der Waals surface area contributed by atoms with Crippen molar-refractivity contribution in [1.82, 2.24) is 9.13 Å². The van der Waals surface area contributed by atoms with Gasteiger partial charge in [-0.1, -0.05) is 121 Å². The van der Waals surface area contributed by atoms with E-state index in [4.69, 9.17) is 24.2 Å². The van der Waals surface area contributed by atoms with Crippen molar-refractivity contribution in [3.63, 3.8) is 0 Å². The molecular formula is C58H56N6O3S2. The van der Waals surface area contributed by atoms with E-state index in [0.29, 0.717) is 52.7 Å². The number of para-hydroxylation sites is 6. The second kappa shape index (κ2) is 22.2. The molecule has 0 unspecified atom stereocenters. The summed E-state index contributed by atoms with van der Waals surface area (Å²) < 4.78 is 22.3. The molecule has 0 saturated carbocycles. The van der Waals surface area contributed by atoms with Crippen LogP contribution in [0.4, 0.5) is 11.4 Å². The lowest BCUT2D eigenvalue weighted by Crippen LogP contribution is -2.21. The second-order valence-electron chi connectivity index (χ2n) is 16.8. The Labute approximate surface area is 412 Å². The van der Waals surface area contributed by atoms with Crippen LogP contribution in [0.5, 0.6) is 0 Å². The number of anilines is 2. The monoisotopic (exact) mass is 948 g/mol. The minimum atomic E-state index is 0.517. The SMILES string of the molecule is CN1/C(=C\c2c/c(=N/CCCOCCOCCOCCC/N=c3\cc(/C=C4/Sc5ccccc5N4C)c4ccccc4n3-c3ccccc3)n(-c3ccccc3)c3ccccc23)Sc2ccccc21. The van der Waals surface area contributed by atoms with E-state index in [1.54, 1.807) is 23.5 Å². The van der Waals surface area contributed by atoms with Crippen LogP contribution in [0.3, 0.4) is 0 Å². The van der Waals surface area contributed by atoms with Gasteiger partial charge in [-0.2, -0.15) is 0 Å². The number of fused-ring (bicyclic) bond motifs is 4. The fourth-order valence-electron chi connectivity index (χ4n) is 8.83. The van der Waals surface area contributed by atoms with Gasteiger partial charge in [-0.05, 0) is 109 Å². The summed E-state index contributed by atoms with van der Waals surface area (Å²) in [5.41, 5.74) is 11.0. The Balaban J connectivity index is 0.712. The summed E-state index contributed by atoms with van der Waals surface area (Å²) in [4.78, 5) is 17.4. The van der Waals surface area contributed by atoms with E-state index in [-0.39, 0.29) is 0 Å². The zero-order chi connectivity index (χ0) is 46.8. The van der Waals surface area contributed by atoms with E-state index in [2.05, 4.69) is 215 Å². The smallest absolute Gasteiger partial charge is 0.133 e. The molecule has 0 radical (unpaired) electrons. The third kappa shape index (κ3) is 10.5. The lowest BCUT2D eigenvalue weighted by Gasteiger charge is -2.17. The fourth-order valence-corrected chi connectivity index (χ4v) is 11.0. The molecule has 6 aromatic carbocycles. The zero-order valence-corrected chi connectivity index (χ0v) is 40.7. The van der Waals surface area contributed by atoms with Gasteiger partial charge in [0.2, 0.25) is 0 Å². The Morgan fingerprint density at radius 3 is 1.25 bits per heavy atom. The minimum absolute atomic E-state index is 0.517. The minimum Gasteiger partial charge on any atom is -0.379 e. The van der Waals surface area contributed by atoms with Gasteiger partial charge in [-0.25, -0.2) is 0 Å². The van der Waals surface area contributed by atoms with E-state index in [1.165, 1.54) is 42.0 Å². The van der Waals surface area contributed by atoms with Crippen molar-refractivity contribution < 1.29 is 14.2 Å². The molecule has 2 aliphatic heterocycles. The van der Waals surface area contributed by atoms with Gasteiger partial charge in [-0.3, -0.25) is 19.1 Å². The quantitative estimate of drug-likeness (QED) is 0.0794. The molecule has 2 aromatic heterocycles. The van der Waals surface area contributed by atoms with E-state index >= 15 is 0 Å². The number of pyridine rings is 2. The largest absolute Gasteiger partial charge is 0.379 e. The van der Waals surface area contributed by atoms with Gasteiger partial charge < -0.3 is 24.0 Å². The maximum absolute atomic E-state index is 5.98. The van der Waals surface area contributed by atoms with Crippen molar-refractivity contribution in [2.45, 2.75) is 22.6 Å². The molecule has 0 saturated heterocycles. The van der Waals surface area contributed by atoms with Gasteiger partial charge in [0, 0.05) is 72.3 Å². The first-order chi connectivity index (χ1) is 34.1. The molecule has 10 rings (SSSR count). The van der Waals surface area contributed by atoms with Crippen molar-refractivity contribution >= 4 is 68.9 Å². The number of aromatic nitrogens is 2. The first-order valence-electron chi connectivity index (χ1n) is 23.7. The number of thioether (sulfide) groups is 2. The molecule has 0 bridgehead atoms. The first-order valence-corrected chi connectivity index (χ1v) is 25.3. The van der Waals surface area contributed by atoms with Crippen LogP contribution in [-0.4, -0.2) is 76.0 Å². The van der Waals surface area contributed by atoms with Crippen LogP contribution in [0, 0.1) is 0 Å². The Morgan fingerprint density at radius 1 is 0.435 bits per heavy atom. The molecule has 0 aliphatic carbocycles. The molecule has 11 heteroatoms. The van der Waals surface area contributed by atoms with Crippen LogP contribution in [0.1, 0.15) is 24.0 Å². The van der Waals surface area contributed by atoms with Crippen LogP contribution in [0.2, 0.25) is 0 Å². The standard InChI is InChI=1S/C58H56N6O3S2/c1-61-51-27-13-15-29-53(51)68-57(61)41-43-39-55(63(45-19-5-3-6-20-45)49-25-11-9-23-47(43)49)59-31-17-33-65-35-37-67-38-36-66-34-18-32-60-56-40-44(42-58-62(2)52-28-14-16-30-54(52)69-58)48-24-10-12-26-50(48)64(56)46-21-7-4-8-22-46/h3-16,19-30,39-42H,17-18,31-38H2,1-2H3/b57-41+,58-42+,59-55-,60-56+. The van der Waals surface area contributed by atoms with Crippen LogP contribution >= 0.6 is 23.5 Å². The lowest BCUT2D eigenvalue weighted by molar-refractivity contribution is 0.0143. The number of ether oxygens (including phenoxy) is 3. The summed E-state index contributed by atoms with van der Waals surface area (Å²) in [5.74, 6) is 0. The van der Waals surface area contributed by atoms with Gasteiger partial charge in [0.25, 0.3) is 0 Å². The molecule has 9 nitrogen and oxygen atoms in total. The molecule has 0 fully saturated rings. The summed E-state index contributed by atoms with van der Waals surface area (Å²) >= 11 is 3.61. The van der Waals surface area contributed by atoms with Crippen molar-refractivity contribution in [3.8, 4) is 11.4 Å². The van der Waals surface area contributed by atoms with E-state index < -0.39 is 0 Å². The molecule has 2 aliphatic rings. The van der Waals surface area contributed by atoms with Crippen LogP contribution in [-0.2, 0) is 14.2 Å². The molecule has 69 heavy (non-hydrogen) atoms. The second-order valence-corrected chi connectivity index (χ2v) is 18.9. The highest BCUT2D eigenvalue weighted by Gasteiger charge is 2.23. The molecular weight excluding hydrogens is 893 g/mol. The third-order valence-corrected chi connectivity index (χ3v) is 14.6. The highest BCUT2D eigenvalue weighted by atomic mass is 32.2. The van der Waals surface area contributed by atoms with Gasteiger partial charge in [0.1, 0.15) is 11.0 Å². The molecule has 0 atom stereocenters. The lowest BCUT2D eigenvalue weighted by atomic mass is 10.1. The summed E-state index contributed by atoms with van der Waals surface area (Å²) in [5, 5.41) is 4.74. The Kier molecular flexibility index (Phi) is 14.9. The van der Waals surface area contributed by atoms with E-state index in [0.717, 1.165) is 57.4 Å². The van der Waals surface area contributed by atoms with Crippen molar-refractivity contribution in [1.29, 1.82) is 0 Å². The van der Waals surface area contributed by atoms with Crippen molar-refractivity contribution in [3.05, 3.63) is 202 Å². The Hall–Kier alpha value is -6.60. The molecule has 4 heterocycles.